The normalized spacial score (nSPS) is 10.7. The Labute approximate surface area is 192 Å². The van der Waals surface area contributed by atoms with Crippen molar-refractivity contribution in [1.82, 2.24) is 0 Å². The summed E-state index contributed by atoms with van der Waals surface area (Å²) in [6.07, 6.45) is 0. The lowest BCUT2D eigenvalue weighted by Gasteiger charge is -2.15. The highest BCUT2D eigenvalue weighted by Gasteiger charge is 2.22. The zero-order valence-corrected chi connectivity index (χ0v) is 19.1. The van der Waals surface area contributed by atoms with Crippen LogP contribution in [0.5, 0.6) is 28.7 Å². The van der Waals surface area contributed by atoms with Gasteiger partial charge in [-0.25, -0.2) is 9.59 Å². The predicted octanol–water partition coefficient (Wildman–Crippen LogP) is 4.78. The molecule has 4 rings (SSSR count). The summed E-state index contributed by atoms with van der Waals surface area (Å²) in [5.41, 5.74) is 1.90. The molecule has 0 aliphatic carbocycles. The second-order valence-corrected chi connectivity index (χ2v) is 7.70. The molecular formula is C24H20O8S. The topological polar surface area (TPSA) is 93.4 Å². The molecular weight excluding hydrogens is 448 g/mol. The van der Waals surface area contributed by atoms with Crippen molar-refractivity contribution in [3.63, 3.8) is 0 Å². The number of carbonyl (C=O) groups is 1. The van der Waals surface area contributed by atoms with Gasteiger partial charge in [-0.3, -0.25) is 0 Å². The average molecular weight is 468 g/mol. The molecule has 0 spiro atoms. The Hall–Kier alpha value is -3.98. The Kier molecular flexibility index (Phi) is 6.23. The molecule has 0 bridgehead atoms. The predicted molar refractivity (Wildman–Crippen MR) is 123 cm³/mol. The number of ether oxygens (including phenoxy) is 5. The van der Waals surface area contributed by atoms with Gasteiger partial charge in [0.1, 0.15) is 17.1 Å². The number of hydrogen-bond acceptors (Lipinski definition) is 9. The third-order valence-electron chi connectivity index (χ3n) is 4.94. The Morgan fingerprint density at radius 2 is 1.48 bits per heavy atom. The van der Waals surface area contributed by atoms with Gasteiger partial charge in [0.2, 0.25) is 5.75 Å². The largest absolute Gasteiger partial charge is 0.497 e. The second-order valence-electron chi connectivity index (χ2n) is 6.75. The van der Waals surface area contributed by atoms with Crippen LogP contribution in [0.15, 0.2) is 57.7 Å². The van der Waals surface area contributed by atoms with Crippen LogP contribution >= 0.6 is 11.3 Å². The zero-order valence-electron chi connectivity index (χ0n) is 18.3. The Morgan fingerprint density at radius 3 is 2.06 bits per heavy atom. The van der Waals surface area contributed by atoms with Crippen molar-refractivity contribution in [2.24, 2.45) is 0 Å². The Balaban J connectivity index is 1.80. The van der Waals surface area contributed by atoms with Crippen molar-refractivity contribution in [3.05, 3.63) is 63.8 Å². The maximum Gasteiger partial charge on any atom is 0.396 e. The molecule has 0 saturated heterocycles. The summed E-state index contributed by atoms with van der Waals surface area (Å²) in [5, 5.41) is 0. The van der Waals surface area contributed by atoms with Gasteiger partial charge in [-0.15, -0.1) is 0 Å². The lowest BCUT2D eigenvalue weighted by molar-refractivity contribution is 0.0735. The summed E-state index contributed by atoms with van der Waals surface area (Å²) in [4.78, 5) is 24.6. The number of rotatable bonds is 7. The average Bonchev–Trinajstić information content (AvgIpc) is 3.23. The SMILES string of the molecule is COc1ccc(-c2c(OC(=O)c3cc(OC)c(OC)c(OC)c3)ccc3oc(=O)sc23)cc1. The first-order valence-corrected chi connectivity index (χ1v) is 10.5. The molecule has 0 aliphatic heterocycles. The Morgan fingerprint density at radius 1 is 0.818 bits per heavy atom. The minimum atomic E-state index is -0.640. The molecule has 170 valence electrons. The molecule has 3 aromatic carbocycles. The molecule has 0 N–H and O–H groups in total. The summed E-state index contributed by atoms with van der Waals surface area (Å²) in [6, 6.07) is 13.4. The smallest absolute Gasteiger partial charge is 0.396 e. The molecule has 1 heterocycles. The van der Waals surface area contributed by atoms with Gasteiger partial charge in [0.05, 0.1) is 38.7 Å². The van der Waals surface area contributed by atoms with E-state index < -0.39 is 10.9 Å². The fraction of sp³-hybridized carbons (Fsp3) is 0.167. The molecule has 0 fully saturated rings. The van der Waals surface area contributed by atoms with Crippen LogP contribution in [0.3, 0.4) is 0 Å². The van der Waals surface area contributed by atoms with Gasteiger partial charge in [0.25, 0.3) is 0 Å². The fourth-order valence-corrected chi connectivity index (χ4v) is 4.22. The van der Waals surface area contributed by atoms with E-state index in [9.17, 15) is 9.59 Å². The maximum absolute atomic E-state index is 13.1. The molecule has 0 amide bonds. The van der Waals surface area contributed by atoms with Crippen LogP contribution in [-0.2, 0) is 0 Å². The van der Waals surface area contributed by atoms with Crippen molar-refractivity contribution in [1.29, 1.82) is 0 Å². The van der Waals surface area contributed by atoms with Gasteiger partial charge in [0, 0.05) is 5.56 Å². The third kappa shape index (κ3) is 4.22. The van der Waals surface area contributed by atoms with Gasteiger partial charge in [-0.2, -0.15) is 0 Å². The third-order valence-corrected chi connectivity index (χ3v) is 5.80. The van der Waals surface area contributed by atoms with E-state index in [0.29, 0.717) is 38.8 Å². The van der Waals surface area contributed by atoms with Gasteiger partial charge >= 0.3 is 10.9 Å². The van der Waals surface area contributed by atoms with Crippen molar-refractivity contribution < 1.29 is 32.9 Å². The van der Waals surface area contributed by atoms with Crippen LogP contribution in [-0.4, -0.2) is 34.4 Å². The summed E-state index contributed by atoms with van der Waals surface area (Å²) >= 11 is 0.936. The summed E-state index contributed by atoms with van der Waals surface area (Å²) in [5.74, 6) is 1.30. The van der Waals surface area contributed by atoms with E-state index in [1.165, 1.54) is 33.5 Å². The van der Waals surface area contributed by atoms with Crippen molar-refractivity contribution in [2.75, 3.05) is 28.4 Å². The van der Waals surface area contributed by atoms with E-state index in [4.69, 9.17) is 28.1 Å². The van der Waals surface area contributed by atoms with E-state index in [1.54, 1.807) is 31.4 Å². The number of fused-ring (bicyclic) bond motifs is 1. The molecule has 4 aromatic rings. The second kappa shape index (κ2) is 9.25. The van der Waals surface area contributed by atoms with Crippen LogP contribution in [0.25, 0.3) is 21.4 Å². The van der Waals surface area contributed by atoms with Gasteiger partial charge < -0.3 is 28.1 Å². The maximum atomic E-state index is 13.1. The molecule has 0 saturated carbocycles. The van der Waals surface area contributed by atoms with Gasteiger partial charge in [-0.05, 0) is 42.0 Å². The standard InChI is InChI=1S/C24H20O8S/c1-27-15-7-5-13(6-8-15)20-16(9-10-17-22(20)33-24(26)32-17)31-23(25)14-11-18(28-2)21(30-4)19(12-14)29-3/h5-12H,1-4H3. The van der Waals surface area contributed by atoms with Crippen LogP contribution in [0.2, 0.25) is 0 Å². The van der Waals surface area contributed by atoms with Crippen LogP contribution < -0.4 is 28.6 Å². The molecule has 8 nitrogen and oxygen atoms in total. The van der Waals surface area contributed by atoms with E-state index in [2.05, 4.69) is 0 Å². The Bertz CT molecular complexity index is 1340. The van der Waals surface area contributed by atoms with E-state index in [-0.39, 0.29) is 11.3 Å². The molecule has 0 aliphatic rings. The number of methoxy groups -OCH3 is 4. The molecule has 0 unspecified atom stereocenters. The molecule has 9 heteroatoms. The number of esters is 1. The van der Waals surface area contributed by atoms with Gasteiger partial charge in [0.15, 0.2) is 11.5 Å². The number of carbonyl (C=O) groups excluding carboxylic acids is 1. The highest BCUT2D eigenvalue weighted by molar-refractivity contribution is 7.16. The summed E-state index contributed by atoms with van der Waals surface area (Å²) < 4.78 is 32.8. The van der Waals surface area contributed by atoms with E-state index in [0.717, 1.165) is 16.9 Å². The molecule has 33 heavy (non-hydrogen) atoms. The molecule has 0 radical (unpaired) electrons. The van der Waals surface area contributed by atoms with Crippen LogP contribution in [0.4, 0.5) is 0 Å². The number of hydrogen-bond donors (Lipinski definition) is 0. The minimum absolute atomic E-state index is 0.200. The van der Waals surface area contributed by atoms with E-state index >= 15 is 0 Å². The molecule has 1 aromatic heterocycles. The monoisotopic (exact) mass is 468 g/mol. The lowest BCUT2D eigenvalue weighted by Crippen LogP contribution is -2.10. The lowest BCUT2D eigenvalue weighted by atomic mass is 10.0. The first-order valence-electron chi connectivity index (χ1n) is 9.72. The first kappa shape index (κ1) is 22.2. The van der Waals surface area contributed by atoms with Crippen molar-refractivity contribution in [2.45, 2.75) is 0 Å². The highest BCUT2D eigenvalue weighted by atomic mass is 32.1. The zero-order chi connectivity index (χ0) is 23.5. The van der Waals surface area contributed by atoms with Crippen LogP contribution in [0.1, 0.15) is 10.4 Å². The minimum Gasteiger partial charge on any atom is -0.497 e. The van der Waals surface area contributed by atoms with E-state index in [1.807, 2.05) is 12.1 Å². The van der Waals surface area contributed by atoms with Crippen molar-refractivity contribution in [3.8, 4) is 39.9 Å². The van der Waals surface area contributed by atoms with Crippen molar-refractivity contribution >= 4 is 27.6 Å². The van der Waals surface area contributed by atoms with Gasteiger partial charge in [-0.1, -0.05) is 23.5 Å². The van der Waals surface area contributed by atoms with Crippen LogP contribution in [0, 0.1) is 0 Å². The molecule has 0 atom stereocenters. The summed E-state index contributed by atoms with van der Waals surface area (Å²) in [7, 11) is 5.97. The quantitative estimate of drug-likeness (QED) is 0.283. The number of benzene rings is 3. The highest BCUT2D eigenvalue weighted by Crippen LogP contribution is 2.41. The fourth-order valence-electron chi connectivity index (χ4n) is 3.39. The summed E-state index contributed by atoms with van der Waals surface area (Å²) in [6.45, 7) is 0. The first-order chi connectivity index (χ1) is 16.0.